The van der Waals surface area contributed by atoms with Crippen molar-refractivity contribution >= 4 is 11.6 Å². The van der Waals surface area contributed by atoms with E-state index in [1.807, 2.05) is 4.90 Å². The van der Waals surface area contributed by atoms with Crippen molar-refractivity contribution in [1.82, 2.24) is 19.9 Å². The molecule has 1 aliphatic rings. The van der Waals surface area contributed by atoms with Crippen LogP contribution in [0.1, 0.15) is 27.2 Å². The molecule has 150 valence electrons. The molecule has 1 saturated heterocycles. The Labute approximate surface area is 169 Å². The van der Waals surface area contributed by atoms with Gasteiger partial charge >= 0.3 is 0 Å². The lowest BCUT2D eigenvalue weighted by molar-refractivity contribution is 0.0740. The first kappa shape index (κ1) is 19.1. The van der Waals surface area contributed by atoms with Crippen LogP contribution < -0.4 is 4.90 Å². The predicted octanol–water partition coefficient (Wildman–Crippen LogP) is 3.29. The Bertz CT molecular complexity index is 1050. The molecule has 0 atom stereocenters. The van der Waals surface area contributed by atoms with E-state index < -0.39 is 0 Å². The average Bonchev–Trinajstić information content (AvgIpc) is 3.22. The maximum atomic E-state index is 13.5. The number of carbonyl (C=O) groups excluding carboxylic acids is 1. The Morgan fingerprint density at radius 2 is 1.72 bits per heavy atom. The summed E-state index contributed by atoms with van der Waals surface area (Å²) in [4.78, 5) is 17.0. The Hall–Kier alpha value is -3.22. The number of amides is 1. The highest BCUT2D eigenvalue weighted by atomic mass is 19.1. The number of benzene rings is 2. The number of halogens is 1. The Balaban J connectivity index is 1.44. The van der Waals surface area contributed by atoms with E-state index in [0.29, 0.717) is 30.0 Å². The number of rotatable bonds is 3. The van der Waals surface area contributed by atoms with Crippen LogP contribution >= 0.6 is 0 Å². The van der Waals surface area contributed by atoms with E-state index in [-0.39, 0.29) is 11.7 Å². The number of aromatic nitrogens is 3. The minimum atomic E-state index is -0.271. The van der Waals surface area contributed by atoms with Gasteiger partial charge in [-0.1, -0.05) is 17.3 Å². The van der Waals surface area contributed by atoms with Gasteiger partial charge in [0.1, 0.15) is 5.82 Å². The fourth-order valence-corrected chi connectivity index (χ4v) is 3.63. The predicted molar refractivity (Wildman–Crippen MR) is 110 cm³/mol. The number of piperazine rings is 1. The molecule has 0 aliphatic carbocycles. The Kier molecular flexibility index (Phi) is 5.05. The van der Waals surface area contributed by atoms with Gasteiger partial charge in [0.15, 0.2) is 5.69 Å². The highest BCUT2D eigenvalue weighted by Gasteiger charge is 2.25. The third-order valence-corrected chi connectivity index (χ3v) is 5.39. The van der Waals surface area contributed by atoms with Crippen molar-refractivity contribution in [3.05, 3.63) is 70.8 Å². The van der Waals surface area contributed by atoms with Crippen LogP contribution in [0.2, 0.25) is 0 Å². The number of aryl methyl sites for hydroxylation is 3. The summed E-state index contributed by atoms with van der Waals surface area (Å²) < 4.78 is 15.0. The van der Waals surface area contributed by atoms with Crippen LogP contribution in [0.4, 0.5) is 10.1 Å². The maximum absolute atomic E-state index is 13.5. The van der Waals surface area contributed by atoms with Crippen LogP contribution in [0.5, 0.6) is 0 Å². The fraction of sp³-hybridized carbons (Fsp3) is 0.318. The highest BCUT2D eigenvalue weighted by Crippen LogP contribution is 2.23. The quantitative estimate of drug-likeness (QED) is 0.685. The Morgan fingerprint density at radius 3 is 2.45 bits per heavy atom. The van der Waals surface area contributed by atoms with Crippen LogP contribution in [-0.4, -0.2) is 52.0 Å². The topological polar surface area (TPSA) is 54.3 Å². The minimum absolute atomic E-state index is 0.129. The molecule has 2 aromatic carbocycles. The molecule has 6 nitrogen and oxygen atoms in total. The second kappa shape index (κ2) is 7.66. The zero-order chi connectivity index (χ0) is 20.5. The third kappa shape index (κ3) is 3.85. The molecule has 0 spiro atoms. The zero-order valence-electron chi connectivity index (χ0n) is 16.9. The molecule has 1 aromatic heterocycles. The number of hydrogen-bond donors (Lipinski definition) is 0. The standard InChI is InChI=1S/C22H24FN5O/c1-15-4-5-16(2)21(12-15)26-8-10-27(11-9-26)22(29)20-14-28(25-24-20)18-6-7-19(23)17(3)13-18/h4-7,12-14H,8-11H2,1-3H3. The van der Waals surface area contributed by atoms with E-state index in [2.05, 4.69) is 47.3 Å². The van der Waals surface area contributed by atoms with E-state index in [0.717, 1.165) is 13.1 Å². The lowest BCUT2D eigenvalue weighted by Crippen LogP contribution is -2.49. The third-order valence-electron chi connectivity index (χ3n) is 5.39. The van der Waals surface area contributed by atoms with Gasteiger partial charge in [-0.05, 0) is 61.7 Å². The molecule has 0 unspecified atom stereocenters. The molecule has 1 amide bonds. The summed E-state index contributed by atoms with van der Waals surface area (Å²) >= 11 is 0. The van der Waals surface area contributed by atoms with Gasteiger partial charge in [-0.2, -0.15) is 0 Å². The van der Waals surface area contributed by atoms with Gasteiger partial charge in [-0.3, -0.25) is 4.79 Å². The maximum Gasteiger partial charge on any atom is 0.276 e. The lowest BCUT2D eigenvalue weighted by atomic mass is 10.1. The molecular formula is C22H24FN5O. The largest absolute Gasteiger partial charge is 0.368 e. The molecule has 0 radical (unpaired) electrons. The van der Waals surface area contributed by atoms with Crippen molar-refractivity contribution in [3.8, 4) is 5.69 Å². The second-order valence-corrected chi connectivity index (χ2v) is 7.55. The zero-order valence-corrected chi connectivity index (χ0v) is 16.9. The first-order valence-electron chi connectivity index (χ1n) is 9.73. The summed E-state index contributed by atoms with van der Waals surface area (Å²) in [6.45, 7) is 8.72. The van der Waals surface area contributed by atoms with Gasteiger partial charge in [0.2, 0.25) is 0 Å². The lowest BCUT2D eigenvalue weighted by Gasteiger charge is -2.36. The van der Waals surface area contributed by atoms with Crippen molar-refractivity contribution < 1.29 is 9.18 Å². The van der Waals surface area contributed by atoms with Crippen molar-refractivity contribution in [2.75, 3.05) is 31.1 Å². The minimum Gasteiger partial charge on any atom is -0.368 e. The van der Waals surface area contributed by atoms with Crippen molar-refractivity contribution in [2.45, 2.75) is 20.8 Å². The van der Waals surface area contributed by atoms with E-state index in [9.17, 15) is 9.18 Å². The van der Waals surface area contributed by atoms with E-state index in [1.54, 1.807) is 25.3 Å². The average molecular weight is 393 g/mol. The number of anilines is 1. The molecule has 1 fully saturated rings. The molecule has 2 heterocycles. The van der Waals surface area contributed by atoms with Crippen LogP contribution in [0.15, 0.2) is 42.6 Å². The summed E-state index contributed by atoms with van der Waals surface area (Å²) in [6.07, 6.45) is 1.60. The molecule has 4 rings (SSSR count). The molecular weight excluding hydrogens is 369 g/mol. The molecule has 3 aromatic rings. The normalized spacial score (nSPS) is 14.3. The first-order valence-corrected chi connectivity index (χ1v) is 9.73. The van der Waals surface area contributed by atoms with Gasteiger partial charge in [0, 0.05) is 31.9 Å². The number of nitrogens with zero attached hydrogens (tertiary/aromatic N) is 5. The summed E-state index contributed by atoms with van der Waals surface area (Å²) in [6, 6.07) is 11.1. The molecule has 0 bridgehead atoms. The van der Waals surface area contributed by atoms with Crippen LogP contribution in [-0.2, 0) is 0 Å². The van der Waals surface area contributed by atoms with Crippen LogP contribution in [0, 0.1) is 26.6 Å². The summed E-state index contributed by atoms with van der Waals surface area (Å²) in [5.41, 5.74) is 5.20. The SMILES string of the molecule is Cc1ccc(C)c(N2CCN(C(=O)c3cn(-c4ccc(F)c(C)c4)nn3)CC2)c1. The van der Waals surface area contributed by atoms with Crippen molar-refractivity contribution in [3.63, 3.8) is 0 Å². The fourth-order valence-electron chi connectivity index (χ4n) is 3.63. The second-order valence-electron chi connectivity index (χ2n) is 7.55. The van der Waals surface area contributed by atoms with Gasteiger partial charge in [-0.25, -0.2) is 9.07 Å². The summed E-state index contributed by atoms with van der Waals surface area (Å²) in [5.74, 6) is -0.400. The van der Waals surface area contributed by atoms with Gasteiger partial charge in [0.25, 0.3) is 5.91 Å². The molecule has 29 heavy (non-hydrogen) atoms. The van der Waals surface area contributed by atoms with Crippen LogP contribution in [0.3, 0.4) is 0 Å². The molecule has 0 N–H and O–H groups in total. The van der Waals surface area contributed by atoms with Gasteiger partial charge in [-0.15, -0.1) is 5.10 Å². The van der Waals surface area contributed by atoms with Crippen LogP contribution in [0.25, 0.3) is 5.69 Å². The van der Waals surface area contributed by atoms with Crippen molar-refractivity contribution in [2.24, 2.45) is 0 Å². The highest BCUT2D eigenvalue weighted by molar-refractivity contribution is 5.92. The molecule has 7 heteroatoms. The van der Waals surface area contributed by atoms with Gasteiger partial charge in [0.05, 0.1) is 11.9 Å². The van der Waals surface area contributed by atoms with Gasteiger partial charge < -0.3 is 9.80 Å². The monoisotopic (exact) mass is 393 g/mol. The van der Waals surface area contributed by atoms with E-state index in [4.69, 9.17) is 0 Å². The molecule has 1 aliphatic heterocycles. The van der Waals surface area contributed by atoms with E-state index in [1.165, 1.54) is 27.6 Å². The first-order chi connectivity index (χ1) is 13.9. The summed E-state index contributed by atoms with van der Waals surface area (Å²) in [7, 11) is 0. The smallest absolute Gasteiger partial charge is 0.276 e. The van der Waals surface area contributed by atoms with Crippen molar-refractivity contribution in [1.29, 1.82) is 0 Å². The Morgan fingerprint density at radius 1 is 0.966 bits per heavy atom. The number of carbonyl (C=O) groups is 1. The van der Waals surface area contributed by atoms with E-state index >= 15 is 0 Å². The summed E-state index contributed by atoms with van der Waals surface area (Å²) in [5, 5.41) is 8.08. The number of hydrogen-bond acceptors (Lipinski definition) is 4. The molecule has 0 saturated carbocycles.